The lowest BCUT2D eigenvalue weighted by molar-refractivity contribution is -0.141. The molecule has 9 heteroatoms. The zero-order valence-electron chi connectivity index (χ0n) is 13.0. The van der Waals surface area contributed by atoms with Gasteiger partial charge in [-0.25, -0.2) is 4.68 Å². The Kier molecular flexibility index (Phi) is 4.41. The third kappa shape index (κ3) is 3.54. The number of pyridine rings is 1. The normalized spacial score (nSPS) is 11.0. The van der Waals surface area contributed by atoms with Crippen molar-refractivity contribution in [1.29, 1.82) is 5.26 Å². The number of aromatic nitrogens is 3. The number of amides is 1. The average Bonchev–Trinajstić information content (AvgIpc) is 3.08. The first-order valence-electron chi connectivity index (χ1n) is 7.27. The summed E-state index contributed by atoms with van der Waals surface area (Å²) in [6.07, 6.45) is -1.68. The molecule has 0 radical (unpaired) electrons. The van der Waals surface area contributed by atoms with Gasteiger partial charge < -0.3 is 5.32 Å². The highest BCUT2D eigenvalue weighted by Crippen LogP contribution is 2.29. The number of anilines is 1. The van der Waals surface area contributed by atoms with E-state index in [9.17, 15) is 18.0 Å². The van der Waals surface area contributed by atoms with Crippen LogP contribution in [0.2, 0.25) is 0 Å². The number of hydrogen-bond acceptors (Lipinski definition) is 4. The summed E-state index contributed by atoms with van der Waals surface area (Å²) in [5, 5.41) is 15.1. The van der Waals surface area contributed by atoms with Crippen LogP contribution in [0.1, 0.15) is 21.7 Å². The number of nitrogens with zero attached hydrogens (tertiary/aromatic N) is 4. The van der Waals surface area contributed by atoms with Crippen molar-refractivity contribution in [2.24, 2.45) is 0 Å². The van der Waals surface area contributed by atoms with Crippen LogP contribution in [0.4, 0.5) is 18.9 Å². The molecule has 1 aromatic carbocycles. The number of rotatable bonds is 3. The summed E-state index contributed by atoms with van der Waals surface area (Å²) in [7, 11) is 0. The van der Waals surface area contributed by atoms with E-state index in [0.29, 0.717) is 17.3 Å². The Balaban J connectivity index is 1.83. The molecule has 0 unspecified atom stereocenters. The van der Waals surface area contributed by atoms with Gasteiger partial charge in [0.2, 0.25) is 0 Å². The summed E-state index contributed by atoms with van der Waals surface area (Å²) in [5.74, 6) is -0.351. The summed E-state index contributed by atoms with van der Waals surface area (Å²) in [5.41, 5.74) is -0.274. The molecule has 3 rings (SSSR count). The zero-order valence-corrected chi connectivity index (χ0v) is 13.0. The number of benzene rings is 1. The maximum Gasteiger partial charge on any atom is 0.435 e. The summed E-state index contributed by atoms with van der Waals surface area (Å²) in [4.78, 5) is 15.9. The molecule has 0 fully saturated rings. The predicted octanol–water partition coefficient (Wildman–Crippen LogP) is 3.41. The zero-order chi connectivity index (χ0) is 18.7. The van der Waals surface area contributed by atoms with Crippen molar-refractivity contribution in [2.75, 3.05) is 5.32 Å². The minimum Gasteiger partial charge on any atom is -0.322 e. The topological polar surface area (TPSA) is 83.6 Å². The van der Waals surface area contributed by atoms with Crippen LogP contribution in [-0.2, 0) is 6.18 Å². The molecular formula is C17H10F3N5O. The molecule has 26 heavy (non-hydrogen) atoms. The van der Waals surface area contributed by atoms with Crippen LogP contribution in [-0.4, -0.2) is 20.7 Å². The van der Waals surface area contributed by atoms with E-state index in [4.69, 9.17) is 5.26 Å². The van der Waals surface area contributed by atoms with Gasteiger partial charge in [0.1, 0.15) is 11.8 Å². The molecule has 1 N–H and O–H groups in total. The molecule has 2 heterocycles. The van der Waals surface area contributed by atoms with Gasteiger partial charge in [-0.2, -0.15) is 23.5 Å². The fourth-order valence-electron chi connectivity index (χ4n) is 2.19. The van der Waals surface area contributed by atoms with Crippen molar-refractivity contribution >= 4 is 11.6 Å². The number of nitriles is 1. The molecule has 0 saturated carbocycles. The van der Waals surface area contributed by atoms with Crippen LogP contribution in [0.3, 0.4) is 0 Å². The number of carbonyl (C=O) groups is 1. The highest BCUT2D eigenvalue weighted by molar-refractivity contribution is 6.04. The Hall–Kier alpha value is -3.67. The van der Waals surface area contributed by atoms with Gasteiger partial charge in [-0.15, -0.1) is 0 Å². The molecule has 1 amide bonds. The lowest BCUT2D eigenvalue weighted by atomic mass is 10.2. The number of hydrogen-bond donors (Lipinski definition) is 1. The van der Waals surface area contributed by atoms with Crippen molar-refractivity contribution in [1.82, 2.24) is 14.8 Å². The van der Waals surface area contributed by atoms with Gasteiger partial charge in [0.25, 0.3) is 5.91 Å². The van der Waals surface area contributed by atoms with Gasteiger partial charge in [-0.1, -0.05) is 0 Å². The van der Waals surface area contributed by atoms with Gasteiger partial charge >= 0.3 is 6.18 Å². The van der Waals surface area contributed by atoms with E-state index in [1.807, 2.05) is 0 Å². The lowest BCUT2D eigenvalue weighted by Crippen LogP contribution is -2.12. The van der Waals surface area contributed by atoms with E-state index in [1.54, 1.807) is 18.2 Å². The van der Waals surface area contributed by atoms with Crippen LogP contribution in [0.15, 0.2) is 54.9 Å². The Morgan fingerprint density at radius 1 is 1.12 bits per heavy atom. The molecule has 0 aliphatic rings. The fraction of sp³-hybridized carbons (Fsp3) is 0.0588. The van der Waals surface area contributed by atoms with Crippen molar-refractivity contribution in [2.45, 2.75) is 6.18 Å². The van der Waals surface area contributed by atoms with E-state index in [1.165, 1.54) is 36.7 Å². The molecule has 0 saturated heterocycles. The van der Waals surface area contributed by atoms with E-state index >= 15 is 0 Å². The molecule has 0 atom stereocenters. The Morgan fingerprint density at radius 2 is 1.77 bits per heavy atom. The first-order valence-corrected chi connectivity index (χ1v) is 7.27. The first-order chi connectivity index (χ1) is 12.4. The van der Waals surface area contributed by atoms with Crippen LogP contribution in [0, 0.1) is 11.3 Å². The molecule has 0 aliphatic heterocycles. The van der Waals surface area contributed by atoms with Crippen molar-refractivity contribution < 1.29 is 18.0 Å². The van der Waals surface area contributed by atoms with Crippen molar-refractivity contribution in [3.8, 4) is 11.8 Å². The van der Waals surface area contributed by atoms with E-state index < -0.39 is 11.9 Å². The number of carbonyl (C=O) groups excluding carboxylic acids is 1. The second-order valence-corrected chi connectivity index (χ2v) is 5.17. The number of halogens is 3. The molecular weight excluding hydrogens is 347 g/mol. The van der Waals surface area contributed by atoms with Crippen LogP contribution in [0.25, 0.3) is 5.69 Å². The monoisotopic (exact) mass is 357 g/mol. The van der Waals surface area contributed by atoms with E-state index in [-0.39, 0.29) is 17.3 Å². The first kappa shape index (κ1) is 17.2. The summed E-state index contributed by atoms with van der Waals surface area (Å²) in [6, 6.07) is 11.4. The molecule has 0 bridgehead atoms. The quantitative estimate of drug-likeness (QED) is 0.779. The standard InChI is InChI=1S/C17H10F3N5O/c18-17(19,20)15-9-14(10-21)25(24-15)13-3-1-12(2-4-13)23-16(26)11-5-7-22-8-6-11/h1-9H,(H,23,26). The molecule has 130 valence electrons. The predicted molar refractivity (Wildman–Crippen MR) is 85.5 cm³/mol. The van der Waals surface area contributed by atoms with E-state index in [0.717, 1.165) is 4.68 Å². The van der Waals surface area contributed by atoms with E-state index in [2.05, 4.69) is 15.4 Å². The average molecular weight is 357 g/mol. The molecule has 2 aromatic heterocycles. The maximum atomic E-state index is 12.8. The van der Waals surface area contributed by atoms with Crippen LogP contribution < -0.4 is 5.32 Å². The third-order valence-corrected chi connectivity index (χ3v) is 3.43. The minimum atomic E-state index is -4.64. The van der Waals surface area contributed by atoms with Gasteiger partial charge in [-0.05, 0) is 36.4 Å². The summed E-state index contributed by atoms with van der Waals surface area (Å²) in [6.45, 7) is 0. The molecule has 0 aliphatic carbocycles. The van der Waals surface area contributed by atoms with Crippen LogP contribution >= 0.6 is 0 Å². The smallest absolute Gasteiger partial charge is 0.322 e. The largest absolute Gasteiger partial charge is 0.435 e. The molecule has 6 nitrogen and oxygen atoms in total. The Bertz CT molecular complexity index is 972. The Morgan fingerprint density at radius 3 is 2.35 bits per heavy atom. The van der Waals surface area contributed by atoms with Gasteiger partial charge in [0.15, 0.2) is 5.69 Å². The van der Waals surface area contributed by atoms with Gasteiger partial charge in [0, 0.05) is 29.7 Å². The SMILES string of the molecule is N#Cc1cc(C(F)(F)F)nn1-c1ccc(NC(=O)c2ccncc2)cc1. The minimum absolute atomic E-state index is 0.245. The fourth-order valence-corrected chi connectivity index (χ4v) is 2.19. The molecule has 0 spiro atoms. The summed E-state index contributed by atoms with van der Waals surface area (Å²) >= 11 is 0. The lowest BCUT2D eigenvalue weighted by Gasteiger charge is -2.07. The second-order valence-electron chi connectivity index (χ2n) is 5.17. The Labute approximate surface area is 145 Å². The van der Waals surface area contributed by atoms with Crippen molar-refractivity contribution in [3.63, 3.8) is 0 Å². The highest BCUT2D eigenvalue weighted by atomic mass is 19.4. The summed E-state index contributed by atoms with van der Waals surface area (Å²) < 4.78 is 39.2. The number of nitrogens with one attached hydrogen (secondary N) is 1. The van der Waals surface area contributed by atoms with Gasteiger partial charge in [-0.3, -0.25) is 9.78 Å². The molecule has 3 aromatic rings. The van der Waals surface area contributed by atoms with Crippen molar-refractivity contribution in [3.05, 3.63) is 71.8 Å². The third-order valence-electron chi connectivity index (χ3n) is 3.43. The second kappa shape index (κ2) is 6.68. The van der Waals surface area contributed by atoms with Crippen LogP contribution in [0.5, 0.6) is 0 Å². The van der Waals surface area contributed by atoms with Gasteiger partial charge in [0.05, 0.1) is 5.69 Å². The maximum absolute atomic E-state index is 12.8. The highest BCUT2D eigenvalue weighted by Gasteiger charge is 2.35. The number of alkyl halides is 3.